The Morgan fingerprint density at radius 1 is 1.20 bits per heavy atom. The minimum absolute atomic E-state index is 0.262. The van der Waals surface area contributed by atoms with Crippen LogP contribution in [-0.2, 0) is 9.84 Å². The standard InChI is InChI=1S/C11H25NO2S/c1-5-6-10(9-12)7-8-15(13,14)11(2,3)4/h10H,5-9,12H2,1-4H3. The molecule has 0 aromatic carbocycles. The van der Waals surface area contributed by atoms with Crippen LogP contribution in [0.3, 0.4) is 0 Å². The van der Waals surface area contributed by atoms with Crippen molar-refractivity contribution in [2.75, 3.05) is 12.3 Å². The van der Waals surface area contributed by atoms with Gasteiger partial charge in [-0.25, -0.2) is 8.42 Å². The van der Waals surface area contributed by atoms with Crippen LogP contribution in [0.15, 0.2) is 0 Å². The van der Waals surface area contributed by atoms with E-state index in [9.17, 15) is 8.42 Å². The van der Waals surface area contributed by atoms with Gasteiger partial charge < -0.3 is 5.73 Å². The van der Waals surface area contributed by atoms with E-state index < -0.39 is 14.6 Å². The lowest BCUT2D eigenvalue weighted by molar-refractivity contribution is 0.469. The molecule has 0 aliphatic heterocycles. The monoisotopic (exact) mass is 235 g/mol. The van der Waals surface area contributed by atoms with E-state index in [0.29, 0.717) is 18.9 Å². The van der Waals surface area contributed by atoms with Crippen molar-refractivity contribution < 1.29 is 8.42 Å². The van der Waals surface area contributed by atoms with Crippen LogP contribution in [0.25, 0.3) is 0 Å². The van der Waals surface area contributed by atoms with Crippen molar-refractivity contribution in [3.05, 3.63) is 0 Å². The maximum Gasteiger partial charge on any atom is 0.155 e. The molecular formula is C11H25NO2S. The van der Waals surface area contributed by atoms with Gasteiger partial charge in [-0.1, -0.05) is 13.3 Å². The molecule has 0 radical (unpaired) electrons. The fourth-order valence-corrected chi connectivity index (χ4v) is 2.67. The summed E-state index contributed by atoms with van der Waals surface area (Å²) in [6, 6.07) is 0. The van der Waals surface area contributed by atoms with Crippen LogP contribution in [0.1, 0.15) is 47.0 Å². The second kappa shape index (κ2) is 5.85. The highest BCUT2D eigenvalue weighted by molar-refractivity contribution is 7.92. The molecule has 4 heteroatoms. The largest absolute Gasteiger partial charge is 0.330 e. The van der Waals surface area contributed by atoms with E-state index in [1.54, 1.807) is 20.8 Å². The molecule has 0 fully saturated rings. The maximum atomic E-state index is 11.8. The van der Waals surface area contributed by atoms with E-state index in [0.717, 1.165) is 12.8 Å². The fraction of sp³-hybridized carbons (Fsp3) is 1.00. The fourth-order valence-electron chi connectivity index (χ4n) is 1.42. The maximum absolute atomic E-state index is 11.8. The molecule has 0 saturated carbocycles. The molecule has 0 saturated heterocycles. The first-order valence-electron chi connectivity index (χ1n) is 5.67. The van der Waals surface area contributed by atoms with Gasteiger partial charge in [0.2, 0.25) is 0 Å². The van der Waals surface area contributed by atoms with Crippen LogP contribution in [0.5, 0.6) is 0 Å². The van der Waals surface area contributed by atoms with E-state index in [1.807, 2.05) is 0 Å². The van der Waals surface area contributed by atoms with E-state index in [4.69, 9.17) is 5.73 Å². The van der Waals surface area contributed by atoms with Crippen molar-refractivity contribution in [2.24, 2.45) is 11.7 Å². The first kappa shape index (κ1) is 14.9. The molecule has 0 aromatic heterocycles. The molecule has 0 aliphatic rings. The Morgan fingerprint density at radius 3 is 2.07 bits per heavy atom. The summed E-state index contributed by atoms with van der Waals surface area (Å²) in [6.45, 7) is 7.94. The zero-order valence-corrected chi connectivity index (χ0v) is 11.2. The second-order valence-electron chi connectivity index (χ2n) is 5.11. The lowest BCUT2D eigenvalue weighted by Gasteiger charge is -2.21. The van der Waals surface area contributed by atoms with Crippen LogP contribution in [0.2, 0.25) is 0 Å². The lowest BCUT2D eigenvalue weighted by atomic mass is 10.0. The molecule has 0 heterocycles. The van der Waals surface area contributed by atoms with Gasteiger partial charge in [-0.2, -0.15) is 0 Å². The number of sulfone groups is 1. The Bertz CT molecular complexity index is 265. The molecule has 1 unspecified atom stereocenters. The zero-order valence-electron chi connectivity index (χ0n) is 10.4. The summed E-state index contributed by atoms with van der Waals surface area (Å²) >= 11 is 0. The molecule has 2 N–H and O–H groups in total. The summed E-state index contributed by atoms with van der Waals surface area (Å²) in [5, 5.41) is 0. The molecule has 0 bridgehead atoms. The van der Waals surface area contributed by atoms with Gasteiger partial charge in [0.15, 0.2) is 9.84 Å². The highest BCUT2D eigenvalue weighted by atomic mass is 32.2. The van der Waals surface area contributed by atoms with E-state index in [-0.39, 0.29) is 5.75 Å². The van der Waals surface area contributed by atoms with Gasteiger partial charge in [-0.05, 0) is 46.1 Å². The summed E-state index contributed by atoms with van der Waals surface area (Å²) in [4.78, 5) is 0. The highest BCUT2D eigenvalue weighted by Gasteiger charge is 2.28. The van der Waals surface area contributed by atoms with Crippen molar-refractivity contribution in [3.63, 3.8) is 0 Å². The Kier molecular flexibility index (Phi) is 5.81. The first-order chi connectivity index (χ1) is 6.74. The average Bonchev–Trinajstić information content (AvgIpc) is 2.10. The van der Waals surface area contributed by atoms with Crippen LogP contribution < -0.4 is 5.73 Å². The van der Waals surface area contributed by atoms with Gasteiger partial charge in [-0.3, -0.25) is 0 Å². The normalized spacial score (nSPS) is 15.3. The summed E-state index contributed by atoms with van der Waals surface area (Å²) in [6.07, 6.45) is 2.79. The molecule has 0 aromatic rings. The average molecular weight is 235 g/mol. The van der Waals surface area contributed by atoms with Crippen LogP contribution >= 0.6 is 0 Å². The minimum Gasteiger partial charge on any atom is -0.330 e. The van der Waals surface area contributed by atoms with Crippen molar-refractivity contribution >= 4 is 9.84 Å². The van der Waals surface area contributed by atoms with Crippen LogP contribution in [0, 0.1) is 5.92 Å². The van der Waals surface area contributed by atoms with E-state index >= 15 is 0 Å². The summed E-state index contributed by atoms with van der Waals surface area (Å²) in [5.41, 5.74) is 5.60. The van der Waals surface area contributed by atoms with Gasteiger partial charge in [0.05, 0.1) is 10.5 Å². The quantitative estimate of drug-likeness (QED) is 0.765. The third-order valence-corrected chi connectivity index (χ3v) is 5.40. The predicted octanol–water partition coefficient (Wildman–Crippen LogP) is 1.96. The Hall–Kier alpha value is -0.0900. The molecule has 0 rings (SSSR count). The Balaban J connectivity index is 4.26. The van der Waals surface area contributed by atoms with Gasteiger partial charge in [0, 0.05) is 0 Å². The van der Waals surface area contributed by atoms with Crippen LogP contribution in [-0.4, -0.2) is 25.5 Å². The Morgan fingerprint density at radius 2 is 1.73 bits per heavy atom. The van der Waals surface area contributed by atoms with Gasteiger partial charge in [0.1, 0.15) is 0 Å². The van der Waals surface area contributed by atoms with E-state index in [2.05, 4.69) is 6.92 Å². The molecule has 0 aliphatic carbocycles. The molecule has 0 spiro atoms. The van der Waals surface area contributed by atoms with Crippen molar-refractivity contribution in [2.45, 2.75) is 51.7 Å². The third-order valence-electron chi connectivity index (χ3n) is 2.76. The van der Waals surface area contributed by atoms with Crippen LogP contribution in [0.4, 0.5) is 0 Å². The smallest absolute Gasteiger partial charge is 0.155 e. The van der Waals surface area contributed by atoms with Crippen molar-refractivity contribution in [1.82, 2.24) is 0 Å². The second-order valence-corrected chi connectivity index (χ2v) is 7.97. The predicted molar refractivity (Wildman–Crippen MR) is 65.6 cm³/mol. The number of hydrogen-bond donors (Lipinski definition) is 1. The summed E-state index contributed by atoms with van der Waals surface area (Å²) < 4.78 is 23.0. The van der Waals surface area contributed by atoms with Gasteiger partial charge in [-0.15, -0.1) is 0 Å². The number of nitrogens with two attached hydrogens (primary N) is 1. The SMILES string of the molecule is CCCC(CN)CCS(=O)(=O)C(C)(C)C. The molecule has 1 atom stereocenters. The summed E-state index contributed by atoms with van der Waals surface area (Å²) in [7, 11) is -2.98. The lowest BCUT2D eigenvalue weighted by Crippen LogP contribution is -2.31. The first-order valence-corrected chi connectivity index (χ1v) is 7.32. The van der Waals surface area contributed by atoms with Crippen molar-refractivity contribution in [1.29, 1.82) is 0 Å². The van der Waals surface area contributed by atoms with Gasteiger partial charge >= 0.3 is 0 Å². The third kappa shape index (κ3) is 4.98. The summed E-state index contributed by atoms with van der Waals surface area (Å²) in [5.74, 6) is 0.616. The zero-order chi connectivity index (χ0) is 12.1. The molecule has 92 valence electrons. The van der Waals surface area contributed by atoms with Crippen molar-refractivity contribution in [3.8, 4) is 0 Å². The van der Waals surface area contributed by atoms with E-state index in [1.165, 1.54) is 0 Å². The Labute approximate surface area is 94.4 Å². The topological polar surface area (TPSA) is 60.2 Å². The minimum atomic E-state index is -2.98. The molecular weight excluding hydrogens is 210 g/mol. The number of hydrogen-bond acceptors (Lipinski definition) is 3. The number of rotatable bonds is 6. The molecule has 0 amide bonds. The van der Waals surface area contributed by atoms with Gasteiger partial charge in [0.25, 0.3) is 0 Å². The molecule has 3 nitrogen and oxygen atoms in total. The molecule has 15 heavy (non-hydrogen) atoms. The highest BCUT2D eigenvalue weighted by Crippen LogP contribution is 2.19.